The Kier molecular flexibility index (Phi) is 8.26. The Morgan fingerprint density at radius 3 is 2.69 bits per heavy atom. The third-order valence-electron chi connectivity index (χ3n) is 7.57. The molecule has 0 aliphatic carbocycles. The predicted molar refractivity (Wildman–Crippen MR) is 133 cm³/mol. The third kappa shape index (κ3) is 4.72. The van der Waals surface area contributed by atoms with Crippen molar-refractivity contribution in [1.29, 1.82) is 0 Å². The maximum Gasteiger partial charge on any atom is 0.312 e. The number of aliphatic hydroxyl groups is 1. The van der Waals surface area contributed by atoms with E-state index in [1.54, 1.807) is 11.0 Å². The van der Waals surface area contributed by atoms with E-state index in [1.165, 1.54) is 4.90 Å². The predicted octanol–water partition coefficient (Wildman–Crippen LogP) is 2.47. The van der Waals surface area contributed by atoms with Crippen LogP contribution < -0.4 is 0 Å². The first-order valence-corrected chi connectivity index (χ1v) is 12.8. The fourth-order valence-corrected chi connectivity index (χ4v) is 6.07. The Balaban J connectivity index is 1.59. The lowest BCUT2D eigenvalue weighted by Gasteiger charge is -2.36. The van der Waals surface area contributed by atoms with E-state index in [1.807, 2.05) is 36.4 Å². The maximum atomic E-state index is 14.0. The summed E-state index contributed by atoms with van der Waals surface area (Å²) in [6, 6.07) is 8.69. The average molecular weight is 497 g/mol. The van der Waals surface area contributed by atoms with Crippen LogP contribution in [0.4, 0.5) is 0 Å². The molecular formula is C28H36N2O6. The number of carbonyl (C=O) groups is 3. The van der Waals surface area contributed by atoms with Crippen molar-refractivity contribution in [2.75, 3.05) is 26.3 Å². The van der Waals surface area contributed by atoms with Gasteiger partial charge in [0.25, 0.3) is 0 Å². The minimum absolute atomic E-state index is 0.00188. The fourth-order valence-electron chi connectivity index (χ4n) is 6.07. The van der Waals surface area contributed by atoms with Gasteiger partial charge in [0.2, 0.25) is 11.8 Å². The molecule has 1 aromatic rings. The zero-order chi connectivity index (χ0) is 25.7. The Hall–Kier alpha value is -2.97. The first-order valence-electron chi connectivity index (χ1n) is 12.8. The molecule has 8 nitrogen and oxygen atoms in total. The standard InChI is InChI=1S/C28H36N2O6/c1-3-5-6-10-18-35-27(34)22-21-13-14-28(36-21)23(22)25(32)30(16-17-31)24(28)26(33)29(15-4-2)19-20-11-8-7-9-12-20/h3-4,7-9,11-12,21-24,31H,1-2,5-6,10,13-19H2/t21-,22+,23+,24?,28?/m1/s1. The number of aliphatic hydroxyl groups excluding tert-OH is 1. The highest BCUT2D eigenvalue weighted by Crippen LogP contribution is 2.58. The summed E-state index contributed by atoms with van der Waals surface area (Å²) >= 11 is 0. The number of likely N-dealkylation sites (tertiary alicyclic amines) is 1. The number of ether oxygens (including phenoxy) is 2. The van der Waals surface area contributed by atoms with E-state index in [4.69, 9.17) is 9.47 Å². The van der Waals surface area contributed by atoms with Crippen molar-refractivity contribution in [2.45, 2.75) is 56.4 Å². The van der Waals surface area contributed by atoms with Crippen LogP contribution in [0.15, 0.2) is 55.6 Å². The Labute approximate surface area is 212 Å². The Bertz CT molecular complexity index is 982. The number of fused-ring (bicyclic) bond motifs is 1. The number of esters is 1. The highest BCUT2D eigenvalue weighted by Gasteiger charge is 2.75. The number of rotatable bonds is 13. The number of hydrogen-bond acceptors (Lipinski definition) is 6. The molecule has 2 unspecified atom stereocenters. The van der Waals surface area contributed by atoms with Crippen molar-refractivity contribution >= 4 is 17.8 Å². The van der Waals surface area contributed by atoms with E-state index < -0.39 is 35.6 Å². The summed E-state index contributed by atoms with van der Waals surface area (Å²) in [7, 11) is 0. The summed E-state index contributed by atoms with van der Waals surface area (Å²) in [5.41, 5.74) is -0.147. The molecule has 194 valence electrons. The number of benzene rings is 1. The van der Waals surface area contributed by atoms with Crippen LogP contribution in [-0.4, -0.2) is 76.7 Å². The second-order valence-electron chi connectivity index (χ2n) is 9.76. The summed E-state index contributed by atoms with van der Waals surface area (Å²) in [6.45, 7) is 8.13. The molecule has 4 rings (SSSR count). The molecular weight excluding hydrogens is 460 g/mol. The zero-order valence-electron chi connectivity index (χ0n) is 20.7. The van der Waals surface area contributed by atoms with Gasteiger partial charge in [0.1, 0.15) is 11.6 Å². The molecule has 8 heteroatoms. The smallest absolute Gasteiger partial charge is 0.312 e. The maximum absolute atomic E-state index is 14.0. The lowest BCUT2D eigenvalue weighted by molar-refractivity contribution is -0.155. The molecule has 5 atom stereocenters. The molecule has 0 radical (unpaired) electrons. The minimum Gasteiger partial charge on any atom is -0.465 e. The Morgan fingerprint density at radius 1 is 1.22 bits per heavy atom. The first-order chi connectivity index (χ1) is 17.5. The number of β-amino-alcohol motifs (C(OH)–C–C–N with tert-alkyl or cyclic N) is 1. The summed E-state index contributed by atoms with van der Waals surface area (Å²) in [5, 5.41) is 9.74. The van der Waals surface area contributed by atoms with Gasteiger partial charge < -0.3 is 24.4 Å². The first kappa shape index (κ1) is 26.1. The highest BCUT2D eigenvalue weighted by atomic mass is 16.6. The van der Waals surface area contributed by atoms with Gasteiger partial charge in [-0.2, -0.15) is 0 Å². The van der Waals surface area contributed by atoms with Crippen molar-refractivity contribution in [3.63, 3.8) is 0 Å². The molecule has 2 bridgehead atoms. The summed E-state index contributed by atoms with van der Waals surface area (Å²) in [5.74, 6) is -2.56. The van der Waals surface area contributed by atoms with Crippen molar-refractivity contribution in [2.24, 2.45) is 11.8 Å². The number of allylic oxidation sites excluding steroid dienone is 1. The molecule has 3 saturated heterocycles. The number of amides is 2. The van der Waals surface area contributed by atoms with Crippen LogP contribution in [0.25, 0.3) is 0 Å². The van der Waals surface area contributed by atoms with Crippen LogP contribution >= 0.6 is 0 Å². The van der Waals surface area contributed by atoms with Crippen molar-refractivity contribution in [1.82, 2.24) is 9.80 Å². The summed E-state index contributed by atoms with van der Waals surface area (Å²) in [4.78, 5) is 43.9. The van der Waals surface area contributed by atoms with Gasteiger partial charge in [-0.3, -0.25) is 14.4 Å². The topological polar surface area (TPSA) is 96.4 Å². The van der Waals surface area contributed by atoms with Gasteiger partial charge >= 0.3 is 5.97 Å². The molecule has 0 saturated carbocycles. The molecule has 0 aromatic heterocycles. The van der Waals surface area contributed by atoms with Gasteiger partial charge in [-0.25, -0.2) is 0 Å². The van der Waals surface area contributed by atoms with Crippen LogP contribution in [0.5, 0.6) is 0 Å². The number of nitrogens with zero attached hydrogens (tertiary/aromatic N) is 2. The van der Waals surface area contributed by atoms with E-state index in [0.717, 1.165) is 18.4 Å². The van der Waals surface area contributed by atoms with Crippen LogP contribution in [0.1, 0.15) is 37.7 Å². The van der Waals surface area contributed by atoms with Crippen molar-refractivity contribution in [3.05, 3.63) is 61.2 Å². The molecule has 36 heavy (non-hydrogen) atoms. The van der Waals surface area contributed by atoms with Crippen molar-refractivity contribution in [3.8, 4) is 0 Å². The third-order valence-corrected chi connectivity index (χ3v) is 7.57. The van der Waals surface area contributed by atoms with E-state index in [0.29, 0.717) is 32.4 Å². The highest BCUT2D eigenvalue weighted by molar-refractivity contribution is 5.98. The van der Waals surface area contributed by atoms with Crippen LogP contribution in [0.2, 0.25) is 0 Å². The van der Waals surface area contributed by atoms with E-state index >= 15 is 0 Å². The molecule has 1 spiro atoms. The molecule has 3 fully saturated rings. The summed E-state index contributed by atoms with van der Waals surface area (Å²) in [6.07, 6.45) is 6.55. The molecule has 1 N–H and O–H groups in total. The lowest BCUT2D eigenvalue weighted by atomic mass is 9.70. The normalized spacial score (nSPS) is 28.1. The van der Waals surface area contributed by atoms with Crippen molar-refractivity contribution < 1.29 is 29.0 Å². The number of unbranched alkanes of at least 4 members (excludes halogenated alkanes) is 2. The SMILES string of the molecule is C=CCCCCOC(=O)[C@@H]1[C@H]2C(=O)N(CCO)C(C(=O)N(CC=C)Cc3ccccc3)C23CC[C@H]1O3. The molecule has 3 heterocycles. The summed E-state index contributed by atoms with van der Waals surface area (Å²) < 4.78 is 11.9. The lowest BCUT2D eigenvalue weighted by Crippen LogP contribution is -2.56. The number of carbonyl (C=O) groups excluding carboxylic acids is 3. The molecule has 3 aliphatic rings. The monoisotopic (exact) mass is 496 g/mol. The van der Waals surface area contributed by atoms with Gasteiger partial charge in [0.05, 0.1) is 31.2 Å². The second-order valence-corrected chi connectivity index (χ2v) is 9.76. The second kappa shape index (κ2) is 11.4. The molecule has 2 amide bonds. The largest absolute Gasteiger partial charge is 0.465 e. The van der Waals surface area contributed by atoms with E-state index in [-0.39, 0.29) is 31.6 Å². The van der Waals surface area contributed by atoms with Gasteiger partial charge in [0.15, 0.2) is 0 Å². The quantitative estimate of drug-likeness (QED) is 0.256. The van der Waals surface area contributed by atoms with Gasteiger partial charge in [-0.1, -0.05) is 42.5 Å². The van der Waals surface area contributed by atoms with E-state index in [2.05, 4.69) is 13.2 Å². The van der Waals surface area contributed by atoms with Crippen LogP contribution in [0, 0.1) is 11.8 Å². The molecule has 3 aliphatic heterocycles. The van der Waals surface area contributed by atoms with E-state index in [9.17, 15) is 19.5 Å². The Morgan fingerprint density at radius 2 is 2.00 bits per heavy atom. The minimum atomic E-state index is -1.10. The van der Waals surface area contributed by atoms with Crippen LogP contribution in [0.3, 0.4) is 0 Å². The van der Waals surface area contributed by atoms with Gasteiger partial charge in [-0.05, 0) is 37.7 Å². The van der Waals surface area contributed by atoms with Gasteiger partial charge in [-0.15, -0.1) is 13.2 Å². The molecule has 1 aromatic carbocycles. The van der Waals surface area contributed by atoms with Crippen LogP contribution in [-0.2, 0) is 30.4 Å². The number of hydrogen-bond donors (Lipinski definition) is 1. The zero-order valence-corrected chi connectivity index (χ0v) is 20.7. The van der Waals surface area contributed by atoms with Gasteiger partial charge in [0, 0.05) is 19.6 Å². The fraction of sp³-hybridized carbons (Fsp3) is 0.536. The average Bonchev–Trinajstić information content (AvgIpc) is 3.52.